The van der Waals surface area contributed by atoms with Gasteiger partial charge in [-0.05, 0) is 31.9 Å². The molecule has 0 bridgehead atoms. The minimum Gasteiger partial charge on any atom is -0.461 e. The molecule has 2 aromatic rings. The van der Waals surface area contributed by atoms with Crippen LogP contribution in [0, 0.1) is 6.92 Å². The maximum Gasteiger partial charge on any atom is 0.318 e. The van der Waals surface area contributed by atoms with Crippen molar-refractivity contribution in [3.05, 3.63) is 35.4 Å². The van der Waals surface area contributed by atoms with E-state index < -0.39 is 0 Å². The normalized spacial score (nSPS) is 17.7. The van der Waals surface area contributed by atoms with E-state index in [0.29, 0.717) is 24.9 Å². The SMILES string of the molecule is COCc1ccc(C2CCCN2C(=O)NCc2nc(C)no2)o1. The number of likely N-dealkylation sites (tertiary alicyclic amines) is 1. The van der Waals surface area contributed by atoms with Crippen LogP contribution in [0.2, 0.25) is 0 Å². The predicted molar refractivity (Wildman–Crippen MR) is 79.4 cm³/mol. The molecule has 124 valence electrons. The van der Waals surface area contributed by atoms with E-state index >= 15 is 0 Å². The van der Waals surface area contributed by atoms with Crippen LogP contribution in [-0.2, 0) is 17.9 Å². The molecule has 0 aromatic carbocycles. The molecule has 1 N–H and O–H groups in total. The van der Waals surface area contributed by atoms with Gasteiger partial charge in [0, 0.05) is 13.7 Å². The second-order valence-electron chi connectivity index (χ2n) is 5.48. The number of aryl methyl sites for hydroxylation is 1. The Bertz CT molecular complexity index is 666. The third-order valence-corrected chi connectivity index (χ3v) is 3.77. The van der Waals surface area contributed by atoms with Crippen molar-refractivity contribution in [2.75, 3.05) is 13.7 Å². The Labute approximate surface area is 133 Å². The zero-order valence-corrected chi connectivity index (χ0v) is 13.2. The highest BCUT2D eigenvalue weighted by atomic mass is 16.5. The van der Waals surface area contributed by atoms with Crippen LogP contribution < -0.4 is 5.32 Å². The highest BCUT2D eigenvalue weighted by molar-refractivity contribution is 5.74. The van der Waals surface area contributed by atoms with E-state index in [2.05, 4.69) is 15.5 Å². The summed E-state index contributed by atoms with van der Waals surface area (Å²) >= 11 is 0. The van der Waals surface area contributed by atoms with Gasteiger partial charge in [0.2, 0.25) is 5.89 Å². The van der Waals surface area contributed by atoms with Gasteiger partial charge in [0.1, 0.15) is 18.1 Å². The Balaban J connectivity index is 1.62. The van der Waals surface area contributed by atoms with Gasteiger partial charge in [-0.15, -0.1) is 0 Å². The Morgan fingerprint density at radius 1 is 1.52 bits per heavy atom. The highest BCUT2D eigenvalue weighted by Crippen LogP contribution is 2.33. The molecule has 1 aliphatic rings. The maximum atomic E-state index is 12.4. The number of hydrogen-bond acceptors (Lipinski definition) is 6. The molecule has 1 unspecified atom stereocenters. The van der Waals surface area contributed by atoms with Gasteiger partial charge in [-0.25, -0.2) is 4.79 Å². The van der Waals surface area contributed by atoms with Gasteiger partial charge < -0.3 is 23.9 Å². The number of aromatic nitrogens is 2. The van der Waals surface area contributed by atoms with Gasteiger partial charge in [-0.1, -0.05) is 5.16 Å². The Morgan fingerprint density at radius 2 is 2.39 bits per heavy atom. The molecular weight excluding hydrogens is 300 g/mol. The van der Waals surface area contributed by atoms with Gasteiger partial charge >= 0.3 is 6.03 Å². The van der Waals surface area contributed by atoms with Crippen LogP contribution in [0.25, 0.3) is 0 Å². The molecule has 8 heteroatoms. The first-order chi connectivity index (χ1) is 11.2. The topological polar surface area (TPSA) is 93.6 Å². The second-order valence-corrected chi connectivity index (χ2v) is 5.48. The summed E-state index contributed by atoms with van der Waals surface area (Å²) in [5.74, 6) is 2.50. The van der Waals surface area contributed by atoms with Crippen molar-refractivity contribution in [1.29, 1.82) is 0 Å². The summed E-state index contributed by atoms with van der Waals surface area (Å²) in [4.78, 5) is 18.2. The summed E-state index contributed by atoms with van der Waals surface area (Å²) in [6.45, 7) is 3.07. The van der Waals surface area contributed by atoms with Crippen LogP contribution in [0.1, 0.15) is 42.1 Å². The van der Waals surface area contributed by atoms with E-state index in [0.717, 1.165) is 24.4 Å². The van der Waals surface area contributed by atoms with Gasteiger partial charge in [0.05, 0.1) is 12.6 Å². The van der Waals surface area contributed by atoms with E-state index in [4.69, 9.17) is 13.7 Å². The van der Waals surface area contributed by atoms with E-state index in [1.807, 2.05) is 12.1 Å². The summed E-state index contributed by atoms with van der Waals surface area (Å²) in [6, 6.07) is 3.58. The van der Waals surface area contributed by atoms with Crippen molar-refractivity contribution in [3.8, 4) is 0 Å². The number of furan rings is 1. The van der Waals surface area contributed by atoms with Crippen LogP contribution in [0.3, 0.4) is 0 Å². The number of rotatable bonds is 5. The molecule has 3 heterocycles. The number of nitrogens with one attached hydrogen (secondary N) is 1. The predicted octanol–water partition coefficient (Wildman–Crippen LogP) is 2.16. The molecule has 3 rings (SSSR count). The van der Waals surface area contributed by atoms with Crippen molar-refractivity contribution in [3.63, 3.8) is 0 Å². The fourth-order valence-corrected chi connectivity index (χ4v) is 2.76. The molecule has 1 saturated heterocycles. The lowest BCUT2D eigenvalue weighted by Crippen LogP contribution is -2.39. The summed E-state index contributed by atoms with van der Waals surface area (Å²) in [5.41, 5.74) is 0. The number of amides is 2. The Kier molecular flexibility index (Phi) is 4.61. The van der Waals surface area contributed by atoms with Gasteiger partial charge in [-0.3, -0.25) is 0 Å². The fourth-order valence-electron chi connectivity index (χ4n) is 2.76. The third-order valence-electron chi connectivity index (χ3n) is 3.77. The number of urea groups is 1. The Morgan fingerprint density at radius 3 is 3.13 bits per heavy atom. The summed E-state index contributed by atoms with van der Waals surface area (Å²) in [7, 11) is 1.62. The van der Waals surface area contributed by atoms with E-state index in [9.17, 15) is 4.79 Å². The second kappa shape index (κ2) is 6.82. The molecule has 8 nitrogen and oxygen atoms in total. The molecule has 23 heavy (non-hydrogen) atoms. The average Bonchev–Trinajstić information content (AvgIpc) is 3.24. The maximum absolute atomic E-state index is 12.4. The van der Waals surface area contributed by atoms with Crippen LogP contribution >= 0.6 is 0 Å². The minimum absolute atomic E-state index is 0.0509. The lowest BCUT2D eigenvalue weighted by atomic mass is 10.2. The molecule has 2 amide bonds. The van der Waals surface area contributed by atoms with Gasteiger partial charge in [-0.2, -0.15) is 4.98 Å². The van der Waals surface area contributed by atoms with Crippen LogP contribution in [0.5, 0.6) is 0 Å². The van der Waals surface area contributed by atoms with Gasteiger partial charge in [0.15, 0.2) is 5.82 Å². The zero-order chi connectivity index (χ0) is 16.2. The first kappa shape index (κ1) is 15.5. The largest absolute Gasteiger partial charge is 0.461 e. The van der Waals surface area contributed by atoms with Gasteiger partial charge in [0.25, 0.3) is 0 Å². The van der Waals surface area contributed by atoms with Crippen molar-refractivity contribution in [1.82, 2.24) is 20.4 Å². The van der Waals surface area contributed by atoms with E-state index in [-0.39, 0.29) is 18.6 Å². The molecule has 1 aliphatic heterocycles. The molecule has 0 radical (unpaired) electrons. The lowest BCUT2D eigenvalue weighted by molar-refractivity contribution is 0.156. The van der Waals surface area contributed by atoms with Crippen molar-refractivity contribution in [2.45, 2.75) is 39.0 Å². The van der Waals surface area contributed by atoms with Crippen molar-refractivity contribution >= 4 is 6.03 Å². The monoisotopic (exact) mass is 320 g/mol. The number of carbonyl (C=O) groups is 1. The number of carbonyl (C=O) groups excluding carboxylic acids is 1. The Hall–Kier alpha value is -2.35. The number of nitrogens with zero attached hydrogens (tertiary/aromatic N) is 3. The quantitative estimate of drug-likeness (QED) is 0.907. The van der Waals surface area contributed by atoms with Crippen molar-refractivity contribution in [2.24, 2.45) is 0 Å². The number of ether oxygens (including phenoxy) is 1. The molecule has 1 atom stereocenters. The minimum atomic E-state index is -0.159. The smallest absolute Gasteiger partial charge is 0.318 e. The molecule has 0 spiro atoms. The molecule has 2 aromatic heterocycles. The fraction of sp³-hybridized carbons (Fsp3) is 0.533. The highest BCUT2D eigenvalue weighted by Gasteiger charge is 2.32. The van der Waals surface area contributed by atoms with E-state index in [1.165, 1.54) is 0 Å². The van der Waals surface area contributed by atoms with Crippen LogP contribution in [-0.4, -0.2) is 34.7 Å². The molecule has 0 saturated carbocycles. The van der Waals surface area contributed by atoms with Crippen LogP contribution in [0.4, 0.5) is 4.79 Å². The van der Waals surface area contributed by atoms with Crippen LogP contribution in [0.15, 0.2) is 21.1 Å². The molecular formula is C15H20N4O4. The average molecular weight is 320 g/mol. The first-order valence-electron chi connectivity index (χ1n) is 7.58. The summed E-state index contributed by atoms with van der Waals surface area (Å²) in [5, 5.41) is 6.51. The van der Waals surface area contributed by atoms with E-state index in [1.54, 1.807) is 18.9 Å². The molecule has 0 aliphatic carbocycles. The van der Waals surface area contributed by atoms with Crippen molar-refractivity contribution < 1.29 is 18.5 Å². The zero-order valence-electron chi connectivity index (χ0n) is 13.2. The molecule has 1 fully saturated rings. The standard InChI is InChI=1S/C15H20N4O4/c1-10-17-14(23-18-10)8-16-15(20)19-7-3-4-12(19)13-6-5-11(22-13)9-21-2/h5-6,12H,3-4,7-9H2,1-2H3,(H,16,20). The third kappa shape index (κ3) is 3.53. The summed E-state index contributed by atoms with van der Waals surface area (Å²) < 4.78 is 15.8. The first-order valence-corrected chi connectivity index (χ1v) is 7.58. The lowest BCUT2D eigenvalue weighted by Gasteiger charge is -2.23. The number of hydrogen-bond donors (Lipinski definition) is 1. The number of methoxy groups -OCH3 is 1. The summed E-state index contributed by atoms with van der Waals surface area (Å²) in [6.07, 6.45) is 1.82.